The second-order valence-corrected chi connectivity index (χ2v) is 5.58. The van der Waals surface area contributed by atoms with Gasteiger partial charge < -0.3 is 25.2 Å². The van der Waals surface area contributed by atoms with Crippen molar-refractivity contribution in [1.29, 1.82) is 0 Å². The third kappa shape index (κ3) is 3.82. The van der Waals surface area contributed by atoms with Crippen molar-refractivity contribution in [2.24, 2.45) is 0 Å². The van der Waals surface area contributed by atoms with Gasteiger partial charge in [0.1, 0.15) is 0 Å². The van der Waals surface area contributed by atoms with E-state index in [1.54, 1.807) is 0 Å². The highest BCUT2D eigenvalue weighted by molar-refractivity contribution is 5.77. The van der Waals surface area contributed by atoms with Crippen LogP contribution < -0.4 is 15.0 Å². The van der Waals surface area contributed by atoms with Crippen LogP contribution in [0.4, 0.5) is 11.4 Å². The van der Waals surface area contributed by atoms with Crippen LogP contribution in [0.2, 0.25) is 0 Å². The summed E-state index contributed by atoms with van der Waals surface area (Å²) in [4.78, 5) is 2.29. The number of nitrogens with zero attached hydrogens (tertiary/aromatic N) is 1. The summed E-state index contributed by atoms with van der Waals surface area (Å²) >= 11 is 0. The third-order valence-electron chi connectivity index (χ3n) is 3.84. The number of hydrogen-bond acceptors (Lipinski definition) is 5. The van der Waals surface area contributed by atoms with Gasteiger partial charge in [0.2, 0.25) is 0 Å². The number of nitrogens with one attached hydrogen (secondary N) is 1. The Morgan fingerprint density at radius 3 is 2.13 bits per heavy atom. The van der Waals surface area contributed by atoms with E-state index in [2.05, 4.69) is 22.3 Å². The van der Waals surface area contributed by atoms with Gasteiger partial charge in [-0.3, -0.25) is 0 Å². The monoisotopic (exact) mass is 314 g/mol. The van der Waals surface area contributed by atoms with Crippen molar-refractivity contribution in [1.82, 2.24) is 5.32 Å². The van der Waals surface area contributed by atoms with E-state index in [0.717, 1.165) is 48.8 Å². The van der Waals surface area contributed by atoms with Crippen LogP contribution in [0.5, 0.6) is 11.5 Å². The molecule has 0 saturated heterocycles. The molecule has 5 nitrogen and oxygen atoms in total. The molecular formula is C18H22N2O3. The van der Waals surface area contributed by atoms with Gasteiger partial charge >= 0.3 is 0 Å². The number of anilines is 2. The number of para-hydroxylation sites is 4. The second kappa shape index (κ2) is 7.46. The van der Waals surface area contributed by atoms with Gasteiger partial charge in [0.05, 0.1) is 11.4 Å². The van der Waals surface area contributed by atoms with Crippen molar-refractivity contribution in [3.8, 4) is 11.5 Å². The fraction of sp³-hybridized carbons (Fsp3) is 0.333. The number of aliphatic hydroxyl groups excluding tert-OH is 1. The molecule has 0 saturated carbocycles. The number of benzene rings is 2. The van der Waals surface area contributed by atoms with Crippen molar-refractivity contribution in [3.63, 3.8) is 0 Å². The van der Waals surface area contributed by atoms with Gasteiger partial charge in [-0.1, -0.05) is 24.3 Å². The summed E-state index contributed by atoms with van der Waals surface area (Å²) in [6, 6.07) is 16.1. The largest absolute Gasteiger partial charge is 0.453 e. The lowest BCUT2D eigenvalue weighted by molar-refractivity contribution is -0.0370. The zero-order chi connectivity index (χ0) is 16.1. The highest BCUT2D eigenvalue weighted by atomic mass is 16.5. The Bertz CT molecular complexity index is 600. The molecule has 0 spiro atoms. The fourth-order valence-electron chi connectivity index (χ4n) is 2.77. The van der Waals surface area contributed by atoms with E-state index < -0.39 is 6.29 Å². The summed E-state index contributed by atoms with van der Waals surface area (Å²) in [7, 11) is 0. The molecule has 0 fully saturated rings. The van der Waals surface area contributed by atoms with Crippen LogP contribution in [0.25, 0.3) is 0 Å². The van der Waals surface area contributed by atoms with E-state index in [-0.39, 0.29) is 6.54 Å². The summed E-state index contributed by atoms with van der Waals surface area (Å²) in [6.07, 6.45) is 0.680. The van der Waals surface area contributed by atoms with Gasteiger partial charge in [-0.25, -0.2) is 0 Å². The number of ether oxygens (including phenoxy) is 1. The standard InChI is InChI=1S/C18H22N2O3/c21-18(22)13-19-11-5-6-12-20-14-7-1-3-9-16(14)23-17-10-4-2-8-15(17)20/h1-4,7-10,18-19,21-22H,5-6,11-13H2. The molecule has 122 valence electrons. The molecule has 0 aromatic heterocycles. The molecule has 0 unspecified atom stereocenters. The van der Waals surface area contributed by atoms with Crippen LogP contribution >= 0.6 is 0 Å². The Balaban J connectivity index is 1.64. The first-order chi connectivity index (χ1) is 11.3. The molecule has 0 amide bonds. The molecule has 2 aromatic rings. The Kier molecular flexibility index (Phi) is 5.12. The summed E-state index contributed by atoms with van der Waals surface area (Å²) in [6.45, 7) is 1.87. The molecule has 0 atom stereocenters. The number of unbranched alkanes of at least 4 members (excludes halogenated alkanes) is 1. The predicted molar refractivity (Wildman–Crippen MR) is 90.3 cm³/mol. The van der Waals surface area contributed by atoms with Gasteiger partial charge in [0, 0.05) is 13.1 Å². The lowest BCUT2D eigenvalue weighted by atomic mass is 10.1. The molecule has 23 heavy (non-hydrogen) atoms. The van der Waals surface area contributed by atoms with E-state index in [1.807, 2.05) is 36.4 Å². The minimum Gasteiger partial charge on any atom is -0.453 e. The molecular weight excluding hydrogens is 292 g/mol. The number of hydrogen-bond donors (Lipinski definition) is 3. The molecule has 0 aliphatic carbocycles. The van der Waals surface area contributed by atoms with Crippen LogP contribution in [0.1, 0.15) is 12.8 Å². The van der Waals surface area contributed by atoms with Gasteiger partial charge in [-0.15, -0.1) is 0 Å². The fourth-order valence-corrected chi connectivity index (χ4v) is 2.77. The summed E-state index contributed by atoms with van der Waals surface area (Å²) in [5.41, 5.74) is 2.18. The van der Waals surface area contributed by atoms with Crippen molar-refractivity contribution < 1.29 is 14.9 Å². The quantitative estimate of drug-likeness (QED) is 0.541. The SMILES string of the molecule is OC(O)CNCCCCN1c2ccccc2Oc2ccccc21. The van der Waals surface area contributed by atoms with Crippen molar-refractivity contribution in [2.75, 3.05) is 24.5 Å². The van der Waals surface area contributed by atoms with Gasteiger partial charge in [0.15, 0.2) is 17.8 Å². The van der Waals surface area contributed by atoms with E-state index >= 15 is 0 Å². The van der Waals surface area contributed by atoms with Gasteiger partial charge in [-0.05, 0) is 43.7 Å². The van der Waals surface area contributed by atoms with Crippen molar-refractivity contribution in [3.05, 3.63) is 48.5 Å². The Hall–Kier alpha value is -2.08. The van der Waals surface area contributed by atoms with Crippen molar-refractivity contribution >= 4 is 11.4 Å². The Morgan fingerprint density at radius 1 is 0.913 bits per heavy atom. The van der Waals surface area contributed by atoms with Crippen LogP contribution in [0.15, 0.2) is 48.5 Å². The van der Waals surface area contributed by atoms with E-state index in [9.17, 15) is 0 Å². The minimum atomic E-state index is -1.28. The molecule has 0 bridgehead atoms. The van der Waals surface area contributed by atoms with E-state index in [4.69, 9.17) is 14.9 Å². The molecule has 5 heteroatoms. The van der Waals surface area contributed by atoms with Gasteiger partial charge in [-0.2, -0.15) is 0 Å². The minimum absolute atomic E-state index is 0.212. The number of aliphatic hydroxyl groups is 2. The number of rotatable bonds is 7. The topological polar surface area (TPSA) is 65.0 Å². The van der Waals surface area contributed by atoms with Gasteiger partial charge in [0.25, 0.3) is 0 Å². The lowest BCUT2D eigenvalue weighted by Gasteiger charge is -2.32. The first kappa shape index (κ1) is 15.8. The Labute approximate surface area is 136 Å². The molecule has 0 radical (unpaired) electrons. The lowest BCUT2D eigenvalue weighted by Crippen LogP contribution is -2.28. The van der Waals surface area contributed by atoms with Crippen LogP contribution in [-0.2, 0) is 0 Å². The van der Waals surface area contributed by atoms with Crippen LogP contribution in [0.3, 0.4) is 0 Å². The Morgan fingerprint density at radius 2 is 1.52 bits per heavy atom. The van der Waals surface area contributed by atoms with E-state index in [0.29, 0.717) is 0 Å². The van der Waals surface area contributed by atoms with Crippen molar-refractivity contribution in [2.45, 2.75) is 19.1 Å². The zero-order valence-electron chi connectivity index (χ0n) is 13.0. The summed E-state index contributed by atoms with van der Waals surface area (Å²) in [5, 5.41) is 20.6. The highest BCUT2D eigenvalue weighted by Crippen LogP contribution is 2.46. The summed E-state index contributed by atoms with van der Waals surface area (Å²) in [5.74, 6) is 1.76. The first-order valence-electron chi connectivity index (χ1n) is 7.96. The maximum absolute atomic E-state index is 8.80. The molecule has 1 aliphatic rings. The zero-order valence-corrected chi connectivity index (χ0v) is 13.0. The smallest absolute Gasteiger partial charge is 0.164 e. The molecule has 3 rings (SSSR count). The maximum atomic E-state index is 8.80. The van der Waals surface area contributed by atoms with Crippen LogP contribution in [-0.4, -0.2) is 36.1 Å². The first-order valence-corrected chi connectivity index (χ1v) is 7.96. The molecule has 2 aromatic carbocycles. The maximum Gasteiger partial charge on any atom is 0.164 e. The average molecular weight is 314 g/mol. The van der Waals surface area contributed by atoms with Crippen LogP contribution in [0, 0.1) is 0 Å². The molecule has 3 N–H and O–H groups in total. The van der Waals surface area contributed by atoms with E-state index in [1.165, 1.54) is 0 Å². The molecule has 1 heterocycles. The third-order valence-corrected chi connectivity index (χ3v) is 3.84. The normalized spacial score (nSPS) is 12.7. The molecule has 1 aliphatic heterocycles. The summed E-state index contributed by atoms with van der Waals surface area (Å²) < 4.78 is 5.97. The predicted octanol–water partition coefficient (Wildman–Crippen LogP) is 2.61. The second-order valence-electron chi connectivity index (χ2n) is 5.58. The highest BCUT2D eigenvalue weighted by Gasteiger charge is 2.22. The average Bonchev–Trinajstić information content (AvgIpc) is 2.56. The number of fused-ring (bicyclic) bond motifs is 2.